The molecule has 0 fully saturated rings. The average Bonchev–Trinajstić information content (AvgIpc) is 2.49. The van der Waals surface area contributed by atoms with E-state index in [9.17, 15) is 4.79 Å². The van der Waals surface area contributed by atoms with Gasteiger partial charge in [0.1, 0.15) is 0 Å². The van der Waals surface area contributed by atoms with Gasteiger partial charge in [-0.05, 0) is 57.1 Å². The van der Waals surface area contributed by atoms with Crippen LogP contribution in [0.4, 0.5) is 5.69 Å². The Balaban J connectivity index is 2.55. The molecule has 5 nitrogen and oxygen atoms in total. The molecule has 0 aromatic heterocycles. The lowest BCUT2D eigenvalue weighted by atomic mass is 10.1. The van der Waals surface area contributed by atoms with Gasteiger partial charge < -0.3 is 20.1 Å². The first-order chi connectivity index (χ1) is 10.6. The van der Waals surface area contributed by atoms with Gasteiger partial charge in [0, 0.05) is 25.4 Å². The van der Waals surface area contributed by atoms with Gasteiger partial charge >= 0.3 is 5.97 Å². The number of ether oxygens (including phenoxy) is 2. The van der Waals surface area contributed by atoms with Gasteiger partial charge in [-0.25, -0.2) is 4.79 Å². The fourth-order valence-corrected chi connectivity index (χ4v) is 2.00. The summed E-state index contributed by atoms with van der Waals surface area (Å²) in [6.45, 7) is 8.24. The summed E-state index contributed by atoms with van der Waals surface area (Å²) in [7, 11) is 0. The summed E-state index contributed by atoms with van der Waals surface area (Å²) >= 11 is 5.25. The molecule has 122 valence electrons. The molecule has 1 rings (SSSR count). The lowest BCUT2D eigenvalue weighted by Gasteiger charge is -2.13. The number of thiocarbonyl (C=S) groups is 1. The minimum absolute atomic E-state index is 0.332. The molecule has 6 heteroatoms. The molecule has 0 saturated carbocycles. The maximum atomic E-state index is 11.8. The summed E-state index contributed by atoms with van der Waals surface area (Å²) in [6, 6.07) is 5.37. The van der Waals surface area contributed by atoms with Crippen LogP contribution in [0.2, 0.25) is 0 Å². The molecule has 0 aliphatic rings. The Labute approximate surface area is 137 Å². The van der Waals surface area contributed by atoms with Gasteiger partial charge in [-0.1, -0.05) is 6.07 Å². The van der Waals surface area contributed by atoms with Crippen LogP contribution in [0.1, 0.15) is 36.2 Å². The highest BCUT2D eigenvalue weighted by Crippen LogP contribution is 2.17. The smallest absolute Gasteiger partial charge is 0.338 e. The maximum Gasteiger partial charge on any atom is 0.338 e. The first-order valence-corrected chi connectivity index (χ1v) is 7.89. The first kappa shape index (κ1) is 18.4. The maximum absolute atomic E-state index is 11.8. The molecule has 2 N–H and O–H groups in total. The number of aryl methyl sites for hydroxylation is 1. The van der Waals surface area contributed by atoms with Crippen molar-refractivity contribution in [2.45, 2.75) is 27.2 Å². The van der Waals surface area contributed by atoms with Crippen molar-refractivity contribution in [1.29, 1.82) is 0 Å². The summed E-state index contributed by atoms with van der Waals surface area (Å²) in [4.78, 5) is 11.8. The first-order valence-electron chi connectivity index (χ1n) is 7.48. The van der Waals surface area contributed by atoms with Crippen LogP contribution in [0.5, 0.6) is 0 Å². The lowest BCUT2D eigenvalue weighted by molar-refractivity contribution is 0.0526. The van der Waals surface area contributed by atoms with Crippen LogP contribution in [0, 0.1) is 6.92 Å². The van der Waals surface area contributed by atoms with Crippen molar-refractivity contribution in [3.8, 4) is 0 Å². The molecule has 0 spiro atoms. The van der Waals surface area contributed by atoms with E-state index in [0.29, 0.717) is 23.9 Å². The largest absolute Gasteiger partial charge is 0.462 e. The van der Waals surface area contributed by atoms with Crippen LogP contribution in [0.25, 0.3) is 0 Å². The molecule has 1 aromatic rings. The quantitative estimate of drug-likeness (QED) is 0.436. The number of hydrogen-bond donors (Lipinski definition) is 2. The Morgan fingerprint density at radius 1 is 1.27 bits per heavy atom. The summed E-state index contributed by atoms with van der Waals surface area (Å²) < 4.78 is 10.3. The summed E-state index contributed by atoms with van der Waals surface area (Å²) in [6.07, 6.45) is 0.886. The van der Waals surface area contributed by atoms with Crippen molar-refractivity contribution in [2.24, 2.45) is 0 Å². The minimum atomic E-state index is -0.332. The van der Waals surface area contributed by atoms with Gasteiger partial charge in [-0.2, -0.15) is 0 Å². The number of benzene rings is 1. The second-order valence-electron chi connectivity index (χ2n) is 4.68. The molecule has 22 heavy (non-hydrogen) atoms. The predicted octanol–water partition coefficient (Wildman–Crippen LogP) is 2.88. The molecule has 0 saturated heterocycles. The molecule has 0 bridgehead atoms. The fraction of sp³-hybridized carbons (Fsp3) is 0.500. The van der Waals surface area contributed by atoms with Crippen molar-refractivity contribution in [3.63, 3.8) is 0 Å². The minimum Gasteiger partial charge on any atom is -0.462 e. The second kappa shape index (κ2) is 10.1. The highest BCUT2D eigenvalue weighted by molar-refractivity contribution is 7.80. The fourth-order valence-electron chi connectivity index (χ4n) is 1.79. The van der Waals surface area contributed by atoms with Crippen LogP contribution in [0.3, 0.4) is 0 Å². The van der Waals surface area contributed by atoms with Gasteiger partial charge in [0.25, 0.3) is 0 Å². The SMILES string of the molecule is CCOCCCNC(=S)Nc1cc(C(=O)OCC)ccc1C. The van der Waals surface area contributed by atoms with Crippen molar-refractivity contribution >= 4 is 29.0 Å². The van der Waals surface area contributed by atoms with Gasteiger partial charge in [0.15, 0.2) is 5.11 Å². The van der Waals surface area contributed by atoms with E-state index >= 15 is 0 Å². The summed E-state index contributed by atoms with van der Waals surface area (Å²) in [5, 5.41) is 6.75. The van der Waals surface area contributed by atoms with E-state index in [4.69, 9.17) is 21.7 Å². The standard InChI is InChI=1S/C16H24N2O3S/c1-4-20-10-6-9-17-16(22)18-14-11-13(8-7-12(14)3)15(19)21-5-2/h7-8,11H,4-6,9-10H2,1-3H3,(H2,17,18,22). The van der Waals surface area contributed by atoms with Gasteiger partial charge in [-0.3, -0.25) is 0 Å². The van der Waals surface area contributed by atoms with Crippen LogP contribution >= 0.6 is 12.2 Å². The Kier molecular flexibility index (Phi) is 8.47. The van der Waals surface area contributed by atoms with E-state index in [1.807, 2.05) is 19.9 Å². The third-order valence-electron chi connectivity index (χ3n) is 2.95. The van der Waals surface area contributed by atoms with E-state index in [1.54, 1.807) is 19.1 Å². The summed E-state index contributed by atoms with van der Waals surface area (Å²) in [5.41, 5.74) is 2.31. The normalized spacial score (nSPS) is 10.1. The number of esters is 1. The van der Waals surface area contributed by atoms with Crippen LogP contribution in [-0.2, 0) is 9.47 Å². The van der Waals surface area contributed by atoms with E-state index < -0.39 is 0 Å². The third kappa shape index (κ3) is 6.41. The molecular formula is C16H24N2O3S. The van der Waals surface area contributed by atoms with Crippen LogP contribution in [-0.4, -0.2) is 37.4 Å². The third-order valence-corrected chi connectivity index (χ3v) is 3.20. The molecule has 0 aliphatic heterocycles. The molecule has 0 heterocycles. The number of carbonyl (C=O) groups is 1. The molecule has 1 aromatic carbocycles. The Bertz CT molecular complexity index is 506. The average molecular weight is 324 g/mol. The second-order valence-corrected chi connectivity index (χ2v) is 5.09. The number of nitrogens with one attached hydrogen (secondary N) is 2. The van der Waals surface area contributed by atoms with Gasteiger partial charge in [0.05, 0.1) is 12.2 Å². The molecule has 0 amide bonds. The Morgan fingerprint density at radius 3 is 2.73 bits per heavy atom. The summed E-state index contributed by atoms with van der Waals surface area (Å²) in [5.74, 6) is -0.332. The zero-order valence-electron chi connectivity index (χ0n) is 13.4. The number of rotatable bonds is 8. The van der Waals surface area contributed by atoms with Crippen molar-refractivity contribution < 1.29 is 14.3 Å². The molecule has 0 atom stereocenters. The number of anilines is 1. The molecular weight excluding hydrogens is 300 g/mol. The molecule has 0 aliphatic carbocycles. The van der Waals surface area contributed by atoms with E-state index in [-0.39, 0.29) is 5.97 Å². The van der Waals surface area contributed by atoms with Crippen molar-refractivity contribution in [1.82, 2.24) is 5.32 Å². The zero-order valence-corrected chi connectivity index (χ0v) is 14.2. The monoisotopic (exact) mass is 324 g/mol. The Hall–Kier alpha value is -1.66. The lowest BCUT2D eigenvalue weighted by Crippen LogP contribution is -2.30. The highest BCUT2D eigenvalue weighted by atomic mass is 32.1. The van der Waals surface area contributed by atoms with E-state index in [2.05, 4.69) is 10.6 Å². The molecule has 0 radical (unpaired) electrons. The number of hydrogen-bond acceptors (Lipinski definition) is 4. The number of carbonyl (C=O) groups excluding carboxylic acids is 1. The van der Waals surface area contributed by atoms with E-state index in [1.165, 1.54) is 0 Å². The topological polar surface area (TPSA) is 59.6 Å². The van der Waals surface area contributed by atoms with Gasteiger partial charge in [0.2, 0.25) is 0 Å². The van der Waals surface area contributed by atoms with Gasteiger partial charge in [-0.15, -0.1) is 0 Å². The zero-order chi connectivity index (χ0) is 16.4. The van der Waals surface area contributed by atoms with Crippen LogP contribution in [0.15, 0.2) is 18.2 Å². The van der Waals surface area contributed by atoms with Crippen molar-refractivity contribution in [3.05, 3.63) is 29.3 Å². The molecule has 0 unspecified atom stereocenters. The predicted molar refractivity (Wildman–Crippen MR) is 92.5 cm³/mol. The highest BCUT2D eigenvalue weighted by Gasteiger charge is 2.09. The van der Waals surface area contributed by atoms with E-state index in [0.717, 1.165) is 30.8 Å². The van der Waals surface area contributed by atoms with Crippen molar-refractivity contribution in [2.75, 3.05) is 31.7 Å². The Morgan fingerprint density at radius 2 is 2.05 bits per heavy atom. The van der Waals surface area contributed by atoms with Crippen LogP contribution < -0.4 is 10.6 Å².